The first-order valence-corrected chi connectivity index (χ1v) is 16.3. The molecular formula is C34H37ClN2O10S. The number of rotatable bonds is 12. The Labute approximate surface area is 286 Å². The van der Waals surface area contributed by atoms with Crippen LogP contribution in [-0.4, -0.2) is 75.3 Å². The molecule has 0 bridgehead atoms. The van der Waals surface area contributed by atoms with E-state index in [-0.39, 0.29) is 57.7 Å². The third-order valence-electron chi connectivity index (χ3n) is 8.67. The van der Waals surface area contributed by atoms with Gasteiger partial charge in [-0.25, -0.2) is 4.98 Å². The number of amides is 1. The number of allylic oxidation sites excluding steroid dienone is 1. The molecule has 2 N–H and O–H groups in total. The van der Waals surface area contributed by atoms with E-state index in [2.05, 4.69) is 10.3 Å². The smallest absolute Gasteiger partial charge is 0.231 e. The number of ketones is 2. The number of hydrogen-bond donors (Lipinski definition) is 2. The fourth-order valence-corrected chi connectivity index (χ4v) is 7.35. The van der Waals surface area contributed by atoms with Crippen molar-refractivity contribution in [1.82, 2.24) is 10.3 Å². The highest BCUT2D eigenvalue weighted by Crippen LogP contribution is 2.56. The molecule has 1 unspecified atom stereocenters. The molecule has 0 fully saturated rings. The number of methoxy groups -OCH3 is 5. The van der Waals surface area contributed by atoms with Crippen molar-refractivity contribution in [2.75, 3.05) is 42.1 Å². The van der Waals surface area contributed by atoms with E-state index in [0.29, 0.717) is 24.3 Å². The van der Waals surface area contributed by atoms with Gasteiger partial charge in [-0.1, -0.05) is 18.5 Å². The number of halogens is 1. The summed E-state index contributed by atoms with van der Waals surface area (Å²) in [6.07, 6.45) is 0.0611. The van der Waals surface area contributed by atoms with Crippen molar-refractivity contribution in [3.8, 4) is 34.5 Å². The number of nitrogens with one attached hydrogen (secondary N) is 1. The first-order chi connectivity index (χ1) is 22.9. The minimum atomic E-state index is -2.03. The molecule has 3 aromatic rings. The fraction of sp³-hybridized carbons (Fsp3) is 0.412. The molecule has 256 valence electrons. The Kier molecular flexibility index (Phi) is 10.1. The molecule has 0 saturated heterocycles. The summed E-state index contributed by atoms with van der Waals surface area (Å²) in [4.78, 5) is 46.3. The number of aliphatic hydroxyl groups is 1. The summed E-state index contributed by atoms with van der Waals surface area (Å²) >= 11 is 8.11. The van der Waals surface area contributed by atoms with Crippen LogP contribution in [0.1, 0.15) is 52.3 Å². The standard InChI is InChI=1S/C34H37ClN2O10S/c1-16-10-20(38)27(32(40)34(16)33(41)28-21(42-3)14-22(43-4)29(35)31(28)47-34)19(13-25(39)36-9-8-26-37-17(2)15-48-26)18-11-23(44-5)30(46-7)24(12-18)45-6/h11-12,14-16,19,40H,8-10,13H2,1-7H3,(H,36,39)/t16-,19?,34+/m1/s1. The third kappa shape index (κ3) is 5.89. The molecule has 48 heavy (non-hydrogen) atoms. The average molecular weight is 701 g/mol. The SMILES string of the molecule is COc1cc(OC)c2c(c1Cl)O[C@]1(C2=O)C(O)=C(C(CC(=O)NCCc2nc(C)cs2)c2cc(OC)c(OC)c(OC)c2)C(=O)C[C@H]1C. The minimum Gasteiger partial charge on any atom is -0.507 e. The third-order valence-corrected chi connectivity index (χ3v) is 10.1. The lowest BCUT2D eigenvalue weighted by molar-refractivity contribution is -0.121. The van der Waals surface area contributed by atoms with E-state index < -0.39 is 40.7 Å². The lowest BCUT2D eigenvalue weighted by Gasteiger charge is -2.38. The molecule has 1 aliphatic carbocycles. The summed E-state index contributed by atoms with van der Waals surface area (Å²) in [5, 5.41) is 17.9. The molecule has 5 rings (SSSR count). The molecule has 14 heteroatoms. The van der Waals surface area contributed by atoms with Crippen LogP contribution in [0.5, 0.6) is 34.5 Å². The van der Waals surface area contributed by atoms with Gasteiger partial charge >= 0.3 is 0 Å². The summed E-state index contributed by atoms with van der Waals surface area (Å²) in [6.45, 7) is 3.83. The van der Waals surface area contributed by atoms with Crippen molar-refractivity contribution >= 4 is 40.4 Å². The predicted molar refractivity (Wildman–Crippen MR) is 178 cm³/mol. The van der Waals surface area contributed by atoms with Crippen LogP contribution in [-0.2, 0) is 16.0 Å². The van der Waals surface area contributed by atoms with E-state index in [4.69, 9.17) is 40.0 Å². The van der Waals surface area contributed by atoms with Gasteiger partial charge in [0.25, 0.3) is 0 Å². The van der Waals surface area contributed by atoms with Crippen molar-refractivity contribution in [3.63, 3.8) is 0 Å². The van der Waals surface area contributed by atoms with Crippen LogP contribution in [0, 0.1) is 12.8 Å². The summed E-state index contributed by atoms with van der Waals surface area (Å²) in [7, 11) is 7.12. The van der Waals surface area contributed by atoms with Gasteiger partial charge in [0, 0.05) is 60.4 Å². The predicted octanol–water partition coefficient (Wildman–Crippen LogP) is 5.42. The number of carbonyl (C=O) groups excluding carboxylic acids is 3. The maximum Gasteiger partial charge on any atom is 0.231 e. The number of fused-ring (bicyclic) bond motifs is 1. The fourth-order valence-electron chi connectivity index (χ4n) is 6.31. The topological polar surface area (TPSA) is 152 Å². The van der Waals surface area contributed by atoms with Crippen LogP contribution in [0.15, 0.2) is 34.9 Å². The van der Waals surface area contributed by atoms with Gasteiger partial charge in [-0.15, -0.1) is 11.3 Å². The molecule has 1 spiro atoms. The number of aromatic nitrogens is 1. The van der Waals surface area contributed by atoms with E-state index in [0.717, 1.165) is 10.7 Å². The van der Waals surface area contributed by atoms with Crippen LogP contribution in [0.2, 0.25) is 5.02 Å². The zero-order valence-electron chi connectivity index (χ0n) is 27.6. The minimum absolute atomic E-state index is 0.00736. The molecule has 12 nitrogen and oxygen atoms in total. The average Bonchev–Trinajstić information content (AvgIpc) is 3.63. The molecule has 0 radical (unpaired) electrons. The lowest BCUT2D eigenvalue weighted by atomic mass is 9.69. The van der Waals surface area contributed by atoms with E-state index in [9.17, 15) is 19.5 Å². The molecule has 1 aliphatic heterocycles. The largest absolute Gasteiger partial charge is 0.507 e. The molecule has 1 amide bonds. The molecule has 2 aromatic carbocycles. The number of aryl methyl sites for hydroxylation is 1. The molecular weight excluding hydrogens is 664 g/mol. The zero-order valence-corrected chi connectivity index (χ0v) is 29.2. The van der Waals surface area contributed by atoms with Crippen LogP contribution in [0.3, 0.4) is 0 Å². The Morgan fingerprint density at radius 3 is 2.27 bits per heavy atom. The Balaban J connectivity index is 1.64. The maximum atomic E-state index is 14.4. The Morgan fingerprint density at radius 1 is 1.06 bits per heavy atom. The van der Waals surface area contributed by atoms with Crippen molar-refractivity contribution in [2.45, 2.75) is 44.6 Å². The highest BCUT2D eigenvalue weighted by Gasteiger charge is 2.61. The van der Waals surface area contributed by atoms with E-state index >= 15 is 0 Å². The number of ether oxygens (including phenoxy) is 6. The summed E-state index contributed by atoms with van der Waals surface area (Å²) in [5.74, 6) is -2.88. The summed E-state index contributed by atoms with van der Waals surface area (Å²) in [6, 6.07) is 4.66. The maximum absolute atomic E-state index is 14.4. The molecule has 1 aromatic heterocycles. The molecule has 3 atom stereocenters. The number of hydrogen-bond acceptors (Lipinski definition) is 12. The number of aliphatic hydroxyl groups excluding tert-OH is 1. The van der Waals surface area contributed by atoms with Gasteiger partial charge in [-0.05, 0) is 24.6 Å². The normalized spacial score (nSPS) is 19.1. The number of Topliss-reactive ketones (excluding diaryl/α,β-unsaturated/α-hetero) is 2. The quantitative estimate of drug-likeness (QED) is 0.249. The van der Waals surface area contributed by atoms with E-state index in [1.54, 1.807) is 19.1 Å². The van der Waals surface area contributed by atoms with Gasteiger partial charge in [-0.3, -0.25) is 14.4 Å². The molecule has 0 saturated carbocycles. The Hall–Kier alpha value is -4.49. The van der Waals surface area contributed by atoms with Gasteiger partial charge in [0.05, 0.1) is 40.6 Å². The van der Waals surface area contributed by atoms with E-state index in [1.165, 1.54) is 53.0 Å². The number of nitrogens with zero attached hydrogens (tertiary/aromatic N) is 1. The van der Waals surface area contributed by atoms with Crippen LogP contribution in [0.4, 0.5) is 0 Å². The highest BCUT2D eigenvalue weighted by molar-refractivity contribution is 7.09. The lowest BCUT2D eigenvalue weighted by Crippen LogP contribution is -2.53. The van der Waals surface area contributed by atoms with E-state index in [1.807, 2.05) is 12.3 Å². The second-order valence-corrected chi connectivity index (χ2v) is 12.8. The Bertz CT molecular complexity index is 1780. The van der Waals surface area contributed by atoms with Crippen molar-refractivity contribution in [3.05, 3.63) is 61.8 Å². The zero-order chi connectivity index (χ0) is 34.9. The van der Waals surface area contributed by atoms with Gasteiger partial charge in [0.2, 0.25) is 23.0 Å². The first kappa shape index (κ1) is 34.8. The first-order valence-electron chi connectivity index (χ1n) is 15.1. The Morgan fingerprint density at radius 2 is 1.71 bits per heavy atom. The second-order valence-electron chi connectivity index (χ2n) is 11.5. The highest BCUT2D eigenvalue weighted by atomic mass is 35.5. The summed E-state index contributed by atoms with van der Waals surface area (Å²) in [5.41, 5.74) is -0.887. The monoisotopic (exact) mass is 700 g/mol. The van der Waals surface area contributed by atoms with Gasteiger partial charge < -0.3 is 38.8 Å². The number of carbonyl (C=O) groups is 3. The van der Waals surface area contributed by atoms with Gasteiger partial charge in [0.15, 0.2) is 28.8 Å². The van der Waals surface area contributed by atoms with Crippen molar-refractivity contribution in [1.29, 1.82) is 0 Å². The van der Waals surface area contributed by atoms with Gasteiger partial charge in [0.1, 0.15) is 22.1 Å². The van der Waals surface area contributed by atoms with Crippen molar-refractivity contribution in [2.24, 2.45) is 5.92 Å². The number of thiazole rings is 1. The van der Waals surface area contributed by atoms with Gasteiger partial charge in [-0.2, -0.15) is 0 Å². The van der Waals surface area contributed by atoms with Crippen LogP contribution < -0.4 is 33.7 Å². The molecule has 2 heterocycles. The molecule has 2 aliphatic rings. The number of benzene rings is 2. The van der Waals surface area contributed by atoms with Crippen LogP contribution >= 0.6 is 22.9 Å². The van der Waals surface area contributed by atoms with Crippen LogP contribution in [0.25, 0.3) is 0 Å². The van der Waals surface area contributed by atoms with Crippen molar-refractivity contribution < 1.29 is 47.9 Å². The summed E-state index contributed by atoms with van der Waals surface area (Å²) < 4.78 is 33.8. The second kappa shape index (κ2) is 13.9.